The number of hydrogen-bond acceptors (Lipinski definition) is 3. The molecule has 0 spiro atoms. The van der Waals surface area contributed by atoms with Crippen molar-refractivity contribution in [2.45, 2.75) is 26.8 Å². The van der Waals surface area contributed by atoms with E-state index in [-0.39, 0.29) is 5.56 Å². The van der Waals surface area contributed by atoms with Crippen LogP contribution in [0.2, 0.25) is 0 Å². The zero-order valence-electron chi connectivity index (χ0n) is 9.99. The van der Waals surface area contributed by atoms with E-state index in [2.05, 4.69) is 0 Å². The molecule has 0 saturated heterocycles. The molecule has 0 amide bonds. The molecule has 0 aliphatic heterocycles. The zero-order chi connectivity index (χ0) is 13.4. The predicted molar refractivity (Wildman–Crippen MR) is 61.4 cm³/mol. The minimum atomic E-state index is -1.38. The van der Waals surface area contributed by atoms with E-state index < -0.39 is 34.6 Å². The fraction of sp³-hybridized carbons (Fsp3) is 0.417. The molecular weight excluding hydrogens is 225 g/mol. The third kappa shape index (κ3) is 2.74. The largest absolute Gasteiger partial charge is 0.507 e. The van der Waals surface area contributed by atoms with Crippen molar-refractivity contribution in [3.8, 4) is 5.75 Å². The number of nitrogens with two attached hydrogens (primary N) is 1. The average Bonchev–Trinajstić information content (AvgIpc) is 2.18. The van der Waals surface area contributed by atoms with Crippen molar-refractivity contribution in [2.24, 2.45) is 11.1 Å². The summed E-state index contributed by atoms with van der Waals surface area (Å²) in [5.74, 6) is -2.58. The molecule has 0 heterocycles. The SMILES string of the molecule is CC(C)(C)[C@@H](N)c1cc(F)cc(C(=O)O)c1O. The van der Waals surface area contributed by atoms with Crippen LogP contribution in [0.5, 0.6) is 5.75 Å². The standard InChI is InChI=1S/C12H16FNO3/c1-12(2,3)10(14)7-4-6(13)5-8(9(7)15)11(16)17/h4-5,10,15H,14H2,1-3H3,(H,16,17)/t10-/m0/s1. The Kier molecular flexibility index (Phi) is 3.43. The van der Waals surface area contributed by atoms with Gasteiger partial charge < -0.3 is 15.9 Å². The first-order valence-electron chi connectivity index (χ1n) is 5.16. The highest BCUT2D eigenvalue weighted by Gasteiger charge is 2.27. The van der Waals surface area contributed by atoms with Gasteiger partial charge in [-0.1, -0.05) is 20.8 Å². The Morgan fingerprint density at radius 1 is 1.41 bits per heavy atom. The molecule has 0 radical (unpaired) electrons. The third-order valence-electron chi connectivity index (χ3n) is 2.60. The van der Waals surface area contributed by atoms with E-state index >= 15 is 0 Å². The molecule has 0 unspecified atom stereocenters. The lowest BCUT2D eigenvalue weighted by Crippen LogP contribution is -2.26. The average molecular weight is 241 g/mol. The first-order chi connectivity index (χ1) is 7.64. The highest BCUT2D eigenvalue weighted by Crippen LogP contribution is 2.37. The fourth-order valence-corrected chi connectivity index (χ4v) is 1.49. The highest BCUT2D eigenvalue weighted by molar-refractivity contribution is 5.91. The highest BCUT2D eigenvalue weighted by atomic mass is 19.1. The summed E-state index contributed by atoms with van der Waals surface area (Å²) in [4.78, 5) is 10.8. The van der Waals surface area contributed by atoms with Gasteiger partial charge >= 0.3 is 5.97 Å². The second-order valence-electron chi connectivity index (χ2n) is 5.04. The van der Waals surface area contributed by atoms with Crippen molar-refractivity contribution < 1.29 is 19.4 Å². The monoisotopic (exact) mass is 241 g/mol. The number of phenols is 1. The molecule has 0 aromatic heterocycles. The van der Waals surface area contributed by atoms with Crippen LogP contribution in [0.1, 0.15) is 42.7 Å². The number of rotatable bonds is 2. The summed E-state index contributed by atoms with van der Waals surface area (Å²) < 4.78 is 13.3. The maximum atomic E-state index is 13.3. The van der Waals surface area contributed by atoms with E-state index in [0.717, 1.165) is 12.1 Å². The van der Waals surface area contributed by atoms with Gasteiger partial charge in [0.2, 0.25) is 0 Å². The van der Waals surface area contributed by atoms with Gasteiger partial charge in [0.15, 0.2) is 0 Å². The summed E-state index contributed by atoms with van der Waals surface area (Å²) >= 11 is 0. The predicted octanol–water partition coefficient (Wildman–Crippen LogP) is 2.28. The second-order valence-corrected chi connectivity index (χ2v) is 5.04. The molecule has 1 atom stereocenters. The van der Waals surface area contributed by atoms with Crippen molar-refractivity contribution in [3.63, 3.8) is 0 Å². The maximum Gasteiger partial charge on any atom is 0.339 e. The normalized spacial score (nSPS) is 13.5. The molecule has 4 N–H and O–H groups in total. The Morgan fingerprint density at radius 3 is 2.35 bits per heavy atom. The Labute approximate surface area is 98.9 Å². The van der Waals surface area contributed by atoms with E-state index in [0.29, 0.717) is 0 Å². The lowest BCUT2D eigenvalue weighted by molar-refractivity contribution is 0.0692. The summed E-state index contributed by atoms with van der Waals surface area (Å²) in [6.45, 7) is 5.47. The van der Waals surface area contributed by atoms with Crippen LogP contribution in [0.3, 0.4) is 0 Å². The Bertz CT molecular complexity index is 452. The summed E-state index contributed by atoms with van der Waals surface area (Å²) in [7, 11) is 0. The molecular formula is C12H16FNO3. The van der Waals surface area contributed by atoms with Crippen LogP contribution in [-0.2, 0) is 0 Å². The van der Waals surface area contributed by atoms with Crippen LogP contribution in [0, 0.1) is 11.2 Å². The molecule has 4 nitrogen and oxygen atoms in total. The minimum Gasteiger partial charge on any atom is -0.507 e. The number of aromatic hydroxyl groups is 1. The van der Waals surface area contributed by atoms with Gasteiger partial charge in [-0.05, 0) is 17.5 Å². The molecule has 0 saturated carbocycles. The van der Waals surface area contributed by atoms with Crippen LogP contribution in [-0.4, -0.2) is 16.2 Å². The van der Waals surface area contributed by atoms with Gasteiger partial charge in [0, 0.05) is 11.6 Å². The molecule has 5 heteroatoms. The van der Waals surface area contributed by atoms with E-state index in [1.807, 2.05) is 20.8 Å². The minimum absolute atomic E-state index is 0.106. The number of carboxylic acid groups (broad SMARTS) is 1. The molecule has 0 aliphatic rings. The number of hydrogen-bond donors (Lipinski definition) is 3. The van der Waals surface area contributed by atoms with Gasteiger partial charge in [0.25, 0.3) is 0 Å². The molecule has 1 aromatic rings. The van der Waals surface area contributed by atoms with Crippen LogP contribution in [0.15, 0.2) is 12.1 Å². The zero-order valence-corrected chi connectivity index (χ0v) is 9.99. The Morgan fingerprint density at radius 2 is 1.94 bits per heavy atom. The lowest BCUT2D eigenvalue weighted by atomic mass is 9.82. The van der Waals surface area contributed by atoms with E-state index in [9.17, 15) is 14.3 Å². The molecule has 1 aromatic carbocycles. The van der Waals surface area contributed by atoms with Gasteiger partial charge in [0.05, 0.1) is 0 Å². The van der Waals surface area contributed by atoms with Gasteiger partial charge in [-0.15, -0.1) is 0 Å². The van der Waals surface area contributed by atoms with Crippen LogP contribution in [0.25, 0.3) is 0 Å². The fourth-order valence-electron chi connectivity index (χ4n) is 1.49. The van der Waals surface area contributed by atoms with E-state index in [4.69, 9.17) is 10.8 Å². The molecule has 17 heavy (non-hydrogen) atoms. The van der Waals surface area contributed by atoms with Crippen LogP contribution >= 0.6 is 0 Å². The van der Waals surface area contributed by atoms with Gasteiger partial charge in [-0.3, -0.25) is 0 Å². The van der Waals surface area contributed by atoms with Crippen molar-refractivity contribution in [1.82, 2.24) is 0 Å². The van der Waals surface area contributed by atoms with Crippen LogP contribution in [0.4, 0.5) is 4.39 Å². The van der Waals surface area contributed by atoms with E-state index in [1.54, 1.807) is 0 Å². The second kappa shape index (κ2) is 4.33. The third-order valence-corrected chi connectivity index (χ3v) is 2.60. The topological polar surface area (TPSA) is 83.6 Å². The van der Waals surface area contributed by atoms with Gasteiger partial charge in [0.1, 0.15) is 17.1 Å². The maximum absolute atomic E-state index is 13.3. The lowest BCUT2D eigenvalue weighted by Gasteiger charge is -2.28. The van der Waals surface area contributed by atoms with Crippen LogP contribution < -0.4 is 5.73 Å². The smallest absolute Gasteiger partial charge is 0.339 e. The first-order valence-corrected chi connectivity index (χ1v) is 5.16. The van der Waals surface area contributed by atoms with Crippen molar-refractivity contribution in [2.75, 3.05) is 0 Å². The number of aromatic carboxylic acids is 1. The van der Waals surface area contributed by atoms with Crippen molar-refractivity contribution in [1.29, 1.82) is 0 Å². The number of carboxylic acids is 1. The summed E-state index contributed by atoms with van der Waals surface area (Å²) in [6, 6.07) is 1.19. The first kappa shape index (κ1) is 13.4. The van der Waals surface area contributed by atoms with Gasteiger partial charge in [-0.25, -0.2) is 9.18 Å². The van der Waals surface area contributed by atoms with Crippen molar-refractivity contribution >= 4 is 5.97 Å². The Hall–Kier alpha value is -1.62. The van der Waals surface area contributed by atoms with Gasteiger partial charge in [-0.2, -0.15) is 0 Å². The molecule has 1 rings (SSSR count). The Balaban J connectivity index is 3.40. The van der Waals surface area contributed by atoms with Crippen molar-refractivity contribution in [3.05, 3.63) is 29.1 Å². The number of benzene rings is 1. The summed E-state index contributed by atoms with van der Waals surface area (Å²) in [5.41, 5.74) is 5.11. The molecule has 94 valence electrons. The number of carbonyl (C=O) groups is 1. The summed E-state index contributed by atoms with van der Waals surface area (Å²) in [6.07, 6.45) is 0. The number of halogens is 1. The molecule has 0 aliphatic carbocycles. The summed E-state index contributed by atoms with van der Waals surface area (Å²) in [5, 5.41) is 18.6. The molecule has 0 bridgehead atoms. The quantitative estimate of drug-likeness (QED) is 0.741. The molecule has 0 fully saturated rings. The van der Waals surface area contributed by atoms with E-state index in [1.165, 1.54) is 0 Å².